The zero-order valence-electron chi connectivity index (χ0n) is 17.1. The number of amides is 1. The predicted octanol–water partition coefficient (Wildman–Crippen LogP) is 2.41. The van der Waals surface area contributed by atoms with Crippen LogP contribution >= 0.6 is 0 Å². The fraction of sp³-hybridized carbons (Fsp3) is 0.591. The number of nitrogens with one attached hydrogen (secondary N) is 1. The van der Waals surface area contributed by atoms with Crippen molar-refractivity contribution in [3.8, 4) is 5.75 Å². The number of hydrogen-bond acceptors (Lipinski definition) is 5. The van der Waals surface area contributed by atoms with E-state index >= 15 is 0 Å². The molecular weight excluding hydrogens is 366 g/mol. The van der Waals surface area contributed by atoms with Gasteiger partial charge in [0.2, 0.25) is 5.82 Å². The number of ether oxygens (including phenoxy) is 1. The van der Waals surface area contributed by atoms with Crippen molar-refractivity contribution < 1.29 is 9.53 Å². The van der Waals surface area contributed by atoms with Gasteiger partial charge in [-0.05, 0) is 68.3 Å². The Balaban J connectivity index is 1.22. The summed E-state index contributed by atoms with van der Waals surface area (Å²) in [7, 11) is 1.70. The van der Waals surface area contributed by atoms with Gasteiger partial charge in [0.25, 0.3) is 5.91 Å². The summed E-state index contributed by atoms with van der Waals surface area (Å²) in [5.74, 6) is 2.32. The predicted molar refractivity (Wildman–Crippen MR) is 109 cm³/mol. The average Bonchev–Trinajstić information content (AvgIpc) is 3.46. The fourth-order valence-electron chi connectivity index (χ4n) is 4.71. The first-order chi connectivity index (χ1) is 14.1. The van der Waals surface area contributed by atoms with Crippen LogP contribution in [0.25, 0.3) is 0 Å². The second-order valence-corrected chi connectivity index (χ2v) is 8.90. The van der Waals surface area contributed by atoms with Gasteiger partial charge in [-0.15, -0.1) is 10.2 Å². The van der Waals surface area contributed by atoms with Gasteiger partial charge in [0.15, 0.2) is 0 Å². The smallest absolute Gasteiger partial charge is 0.289 e. The van der Waals surface area contributed by atoms with Crippen LogP contribution in [0, 0.1) is 5.41 Å². The van der Waals surface area contributed by atoms with Gasteiger partial charge in [-0.1, -0.05) is 12.1 Å². The number of aryl methyl sites for hydroxylation is 1. The summed E-state index contributed by atoms with van der Waals surface area (Å²) in [4.78, 5) is 15.1. The molecule has 2 aromatic rings. The van der Waals surface area contributed by atoms with Gasteiger partial charge in [0.1, 0.15) is 11.6 Å². The molecule has 0 unspecified atom stereocenters. The van der Waals surface area contributed by atoms with Crippen LogP contribution in [-0.2, 0) is 19.5 Å². The maximum atomic E-state index is 12.5. The number of nitrogens with zero attached hydrogens (tertiary/aromatic N) is 4. The number of aromatic nitrogens is 3. The minimum Gasteiger partial charge on any atom is -0.497 e. The quantitative estimate of drug-likeness (QED) is 0.842. The number of hydrogen-bond donors (Lipinski definition) is 1. The lowest BCUT2D eigenvalue weighted by Crippen LogP contribution is -2.44. The Hall–Kier alpha value is -2.41. The van der Waals surface area contributed by atoms with Crippen molar-refractivity contribution in [1.82, 2.24) is 25.0 Å². The number of carbonyl (C=O) groups excluding carboxylic acids is 1. The Morgan fingerprint density at radius 2 is 1.93 bits per heavy atom. The average molecular weight is 396 g/mol. The number of carbonyl (C=O) groups is 1. The molecule has 7 heteroatoms. The fourth-order valence-corrected chi connectivity index (χ4v) is 4.71. The minimum atomic E-state index is -0.0553. The van der Waals surface area contributed by atoms with Crippen LogP contribution in [0.2, 0.25) is 0 Å². The van der Waals surface area contributed by atoms with E-state index in [1.165, 1.54) is 5.56 Å². The molecule has 7 nitrogen and oxygen atoms in total. The summed E-state index contributed by atoms with van der Waals surface area (Å²) in [6.45, 7) is 4.03. The number of likely N-dealkylation sites (tertiary alicyclic amines) is 1. The van der Waals surface area contributed by atoms with E-state index in [-0.39, 0.29) is 11.3 Å². The van der Waals surface area contributed by atoms with Crippen LogP contribution in [0.3, 0.4) is 0 Å². The largest absolute Gasteiger partial charge is 0.497 e. The SMILES string of the molecule is COc1ccc(CN2CCC3(CCc4nnc(C(=O)NC5CC5)n4C3)CC2)cc1. The third kappa shape index (κ3) is 3.88. The zero-order valence-corrected chi connectivity index (χ0v) is 17.1. The molecule has 1 saturated carbocycles. The molecule has 1 aromatic carbocycles. The highest BCUT2D eigenvalue weighted by molar-refractivity contribution is 5.91. The van der Waals surface area contributed by atoms with Gasteiger partial charge >= 0.3 is 0 Å². The number of piperidine rings is 1. The molecule has 154 valence electrons. The molecule has 1 saturated heterocycles. The van der Waals surface area contributed by atoms with Crippen molar-refractivity contribution >= 4 is 5.91 Å². The molecule has 2 aliphatic heterocycles. The third-order valence-corrected chi connectivity index (χ3v) is 6.80. The summed E-state index contributed by atoms with van der Waals surface area (Å²) in [6.07, 6.45) is 6.55. The molecule has 0 atom stereocenters. The lowest BCUT2D eigenvalue weighted by Gasteiger charge is -2.44. The van der Waals surface area contributed by atoms with Gasteiger partial charge in [0, 0.05) is 25.6 Å². The Labute approximate surface area is 171 Å². The lowest BCUT2D eigenvalue weighted by molar-refractivity contribution is 0.0618. The van der Waals surface area contributed by atoms with Gasteiger partial charge in [0.05, 0.1) is 7.11 Å². The molecule has 1 N–H and O–H groups in total. The second-order valence-electron chi connectivity index (χ2n) is 8.90. The van der Waals surface area contributed by atoms with Gasteiger partial charge in [-0.3, -0.25) is 9.69 Å². The molecule has 1 aromatic heterocycles. The van der Waals surface area contributed by atoms with E-state index in [1.807, 2.05) is 12.1 Å². The van der Waals surface area contributed by atoms with Crippen LogP contribution in [-0.4, -0.2) is 51.8 Å². The number of methoxy groups -OCH3 is 1. The van der Waals surface area contributed by atoms with E-state index in [2.05, 4.69) is 37.1 Å². The molecule has 0 bridgehead atoms. The molecule has 1 aliphatic carbocycles. The Kier molecular flexibility index (Phi) is 4.78. The van der Waals surface area contributed by atoms with Gasteiger partial charge in [-0.25, -0.2) is 0 Å². The Bertz CT molecular complexity index is 879. The standard InChI is InChI=1S/C22H29N5O2/c1-29-18-6-2-16(3-7-18)14-26-12-10-22(11-13-26)9-8-19-24-25-20(27(19)15-22)21(28)23-17-4-5-17/h2-3,6-7,17H,4-5,8-15H2,1H3,(H,23,28). The summed E-state index contributed by atoms with van der Waals surface area (Å²) in [5.41, 5.74) is 1.59. The van der Waals surface area contributed by atoms with Crippen molar-refractivity contribution in [3.63, 3.8) is 0 Å². The van der Waals surface area contributed by atoms with Crippen molar-refractivity contribution in [2.75, 3.05) is 20.2 Å². The van der Waals surface area contributed by atoms with Gasteiger partial charge < -0.3 is 14.6 Å². The van der Waals surface area contributed by atoms with E-state index in [4.69, 9.17) is 4.74 Å². The van der Waals surface area contributed by atoms with Crippen molar-refractivity contribution in [1.29, 1.82) is 0 Å². The summed E-state index contributed by atoms with van der Waals surface area (Å²) >= 11 is 0. The normalized spacial score (nSPS) is 21.0. The van der Waals surface area contributed by atoms with E-state index in [0.717, 1.165) is 76.3 Å². The first-order valence-electron chi connectivity index (χ1n) is 10.7. The highest BCUT2D eigenvalue weighted by atomic mass is 16.5. The molecule has 1 spiro atoms. The molecule has 2 fully saturated rings. The highest BCUT2D eigenvalue weighted by Crippen LogP contribution is 2.41. The Morgan fingerprint density at radius 3 is 2.62 bits per heavy atom. The van der Waals surface area contributed by atoms with Gasteiger partial charge in [-0.2, -0.15) is 0 Å². The van der Waals surface area contributed by atoms with Crippen LogP contribution in [0.1, 0.15) is 54.1 Å². The third-order valence-electron chi connectivity index (χ3n) is 6.80. The summed E-state index contributed by atoms with van der Waals surface area (Å²) < 4.78 is 7.35. The van der Waals surface area contributed by atoms with Crippen molar-refractivity contribution in [2.24, 2.45) is 5.41 Å². The van der Waals surface area contributed by atoms with Crippen LogP contribution < -0.4 is 10.1 Å². The first kappa shape index (κ1) is 18.6. The molecule has 5 rings (SSSR count). The van der Waals surface area contributed by atoms with E-state index in [9.17, 15) is 4.79 Å². The highest BCUT2D eigenvalue weighted by Gasteiger charge is 2.40. The monoisotopic (exact) mass is 395 g/mol. The van der Waals surface area contributed by atoms with E-state index in [0.29, 0.717) is 11.9 Å². The van der Waals surface area contributed by atoms with Crippen molar-refractivity contribution in [3.05, 3.63) is 41.5 Å². The maximum absolute atomic E-state index is 12.5. The molecule has 1 amide bonds. The van der Waals surface area contributed by atoms with Crippen LogP contribution in [0.5, 0.6) is 5.75 Å². The number of benzene rings is 1. The van der Waals surface area contributed by atoms with E-state index < -0.39 is 0 Å². The minimum absolute atomic E-state index is 0.0553. The van der Waals surface area contributed by atoms with Crippen LogP contribution in [0.4, 0.5) is 0 Å². The molecule has 29 heavy (non-hydrogen) atoms. The second kappa shape index (κ2) is 7.44. The maximum Gasteiger partial charge on any atom is 0.289 e. The lowest BCUT2D eigenvalue weighted by atomic mass is 9.73. The first-order valence-corrected chi connectivity index (χ1v) is 10.7. The molecule has 3 heterocycles. The van der Waals surface area contributed by atoms with Crippen LogP contribution in [0.15, 0.2) is 24.3 Å². The molecule has 0 radical (unpaired) electrons. The summed E-state index contributed by atoms with van der Waals surface area (Å²) in [5, 5.41) is 11.6. The Morgan fingerprint density at radius 1 is 1.17 bits per heavy atom. The number of rotatable bonds is 5. The molecular formula is C22H29N5O2. The summed E-state index contributed by atoms with van der Waals surface area (Å²) in [6, 6.07) is 8.71. The van der Waals surface area contributed by atoms with E-state index in [1.54, 1.807) is 7.11 Å². The topological polar surface area (TPSA) is 72.3 Å². The number of fused-ring (bicyclic) bond motifs is 1. The zero-order chi connectivity index (χ0) is 19.8. The van der Waals surface area contributed by atoms with Crippen molar-refractivity contribution in [2.45, 2.75) is 57.7 Å². The molecule has 3 aliphatic rings.